The van der Waals surface area contributed by atoms with Crippen LogP contribution in [0.1, 0.15) is 12.5 Å². The van der Waals surface area contributed by atoms with Crippen LogP contribution in [0.2, 0.25) is 10.0 Å². The van der Waals surface area contributed by atoms with Gasteiger partial charge in [-0.1, -0.05) is 23.2 Å². The lowest BCUT2D eigenvalue weighted by atomic mass is 10.1. The zero-order valence-corrected chi connectivity index (χ0v) is 7.45. The summed E-state index contributed by atoms with van der Waals surface area (Å²) < 4.78 is 0. The van der Waals surface area contributed by atoms with Crippen molar-refractivity contribution in [3.63, 3.8) is 0 Å². The van der Waals surface area contributed by atoms with Crippen LogP contribution in [0, 0.1) is 6.10 Å². The van der Waals surface area contributed by atoms with E-state index in [4.69, 9.17) is 28.3 Å². The van der Waals surface area contributed by atoms with Gasteiger partial charge in [0.15, 0.2) is 0 Å². The van der Waals surface area contributed by atoms with Gasteiger partial charge in [0, 0.05) is 10.0 Å². The van der Waals surface area contributed by atoms with Crippen molar-refractivity contribution in [2.75, 3.05) is 0 Å². The molecule has 1 rings (SSSR count). The highest BCUT2D eigenvalue weighted by atomic mass is 35.5. The van der Waals surface area contributed by atoms with Crippen LogP contribution in [0.4, 0.5) is 0 Å². The zero-order chi connectivity index (χ0) is 8.43. The molecule has 0 saturated carbocycles. The number of hydrogen-bond donors (Lipinski definition) is 1. The molecule has 0 aliphatic rings. The first-order valence-corrected chi connectivity index (χ1v) is 3.84. The largest absolute Gasteiger partial charge is 0.382 e. The Morgan fingerprint density at radius 2 is 1.64 bits per heavy atom. The monoisotopic (exact) mass is 189 g/mol. The smallest absolute Gasteiger partial charge is 0.119 e. The van der Waals surface area contributed by atoms with E-state index in [2.05, 4.69) is 0 Å². The summed E-state index contributed by atoms with van der Waals surface area (Å²) in [6, 6.07) is 4.93. The average molecular weight is 190 g/mol. The van der Waals surface area contributed by atoms with Gasteiger partial charge in [-0.25, -0.2) is 0 Å². The van der Waals surface area contributed by atoms with Gasteiger partial charge >= 0.3 is 0 Å². The van der Waals surface area contributed by atoms with E-state index in [0.717, 1.165) is 0 Å². The van der Waals surface area contributed by atoms with Gasteiger partial charge in [-0.05, 0) is 30.7 Å². The molecule has 0 unspecified atom stereocenters. The highest BCUT2D eigenvalue weighted by Crippen LogP contribution is 2.22. The van der Waals surface area contributed by atoms with Crippen LogP contribution in [-0.4, -0.2) is 5.11 Å². The summed E-state index contributed by atoms with van der Waals surface area (Å²) in [5.41, 5.74) is 0.655. The Morgan fingerprint density at radius 3 is 2.00 bits per heavy atom. The predicted octanol–water partition coefficient (Wildman–Crippen LogP) is 3.27. The summed E-state index contributed by atoms with van der Waals surface area (Å²) in [6.07, 6.45) is 0.217. The minimum atomic E-state index is 0.217. The minimum Gasteiger partial charge on any atom is -0.382 e. The van der Waals surface area contributed by atoms with Gasteiger partial charge in [0.05, 0.1) is 0 Å². The molecule has 1 aromatic rings. The van der Waals surface area contributed by atoms with Gasteiger partial charge in [0.2, 0.25) is 0 Å². The van der Waals surface area contributed by atoms with E-state index < -0.39 is 0 Å². The maximum Gasteiger partial charge on any atom is 0.119 e. The lowest BCUT2D eigenvalue weighted by molar-refractivity contribution is 0.341. The molecule has 1 N–H and O–H groups in total. The van der Waals surface area contributed by atoms with Gasteiger partial charge < -0.3 is 5.11 Å². The maximum absolute atomic E-state index is 9.07. The van der Waals surface area contributed by atoms with Crippen molar-refractivity contribution in [2.24, 2.45) is 0 Å². The maximum atomic E-state index is 9.07. The van der Waals surface area contributed by atoms with Gasteiger partial charge in [-0.2, -0.15) is 0 Å². The van der Waals surface area contributed by atoms with Crippen molar-refractivity contribution in [1.82, 2.24) is 0 Å². The summed E-state index contributed by atoms with van der Waals surface area (Å²) in [6.45, 7) is 1.59. The first-order chi connectivity index (χ1) is 5.09. The van der Waals surface area contributed by atoms with Crippen LogP contribution in [0.5, 0.6) is 0 Å². The fourth-order valence-corrected chi connectivity index (χ4v) is 1.29. The molecular weight excluding hydrogens is 183 g/mol. The molecule has 11 heavy (non-hydrogen) atoms. The molecule has 0 amide bonds. The normalized spacial score (nSPS) is 10.6. The molecule has 0 heterocycles. The molecule has 1 nitrogen and oxygen atoms in total. The highest BCUT2D eigenvalue weighted by Gasteiger charge is 2.03. The summed E-state index contributed by atoms with van der Waals surface area (Å²) in [5, 5.41) is 10.1. The fourth-order valence-electron chi connectivity index (χ4n) is 0.763. The number of hydrogen-bond acceptors (Lipinski definition) is 1. The number of aliphatic hydroxyl groups excluding tert-OH is 1. The van der Waals surface area contributed by atoms with Crippen LogP contribution in [0.25, 0.3) is 0 Å². The predicted molar refractivity (Wildman–Crippen MR) is 46.4 cm³/mol. The van der Waals surface area contributed by atoms with Gasteiger partial charge in [-0.15, -0.1) is 0 Å². The number of rotatable bonds is 1. The summed E-state index contributed by atoms with van der Waals surface area (Å²) in [4.78, 5) is 0. The third kappa shape index (κ3) is 2.37. The van der Waals surface area contributed by atoms with Crippen molar-refractivity contribution >= 4 is 23.2 Å². The van der Waals surface area contributed by atoms with Gasteiger partial charge in [-0.3, -0.25) is 0 Å². The Kier molecular flexibility index (Phi) is 2.77. The summed E-state index contributed by atoms with van der Waals surface area (Å²) in [7, 11) is 0. The molecule has 59 valence electrons. The average Bonchev–Trinajstić information content (AvgIpc) is 1.85. The fraction of sp³-hybridized carbons (Fsp3) is 0.125. The Hall–Kier alpha value is -0.240. The molecule has 0 fully saturated rings. The third-order valence-electron chi connectivity index (χ3n) is 1.28. The summed E-state index contributed by atoms with van der Waals surface area (Å²) in [5.74, 6) is 0. The molecule has 3 heteroatoms. The van der Waals surface area contributed by atoms with Crippen molar-refractivity contribution in [2.45, 2.75) is 6.92 Å². The lowest BCUT2D eigenvalue weighted by Crippen LogP contribution is -1.91. The van der Waals surface area contributed by atoms with Crippen molar-refractivity contribution in [3.8, 4) is 0 Å². The Balaban J connectivity index is 3.08. The molecule has 0 spiro atoms. The molecule has 1 radical (unpaired) electrons. The SMILES string of the molecule is C[C](O)c1cc(Cl)cc(Cl)c1. The van der Waals surface area contributed by atoms with Crippen LogP contribution >= 0.6 is 23.2 Å². The van der Waals surface area contributed by atoms with Crippen molar-refractivity contribution < 1.29 is 5.11 Å². The first kappa shape index (κ1) is 8.85. The van der Waals surface area contributed by atoms with E-state index >= 15 is 0 Å². The first-order valence-electron chi connectivity index (χ1n) is 3.08. The molecule has 0 bridgehead atoms. The number of halogens is 2. The zero-order valence-electron chi connectivity index (χ0n) is 5.94. The molecule has 0 aliphatic carbocycles. The Morgan fingerprint density at radius 1 is 1.18 bits per heavy atom. The molecule has 1 aromatic carbocycles. The number of benzene rings is 1. The van der Waals surface area contributed by atoms with E-state index in [9.17, 15) is 0 Å². The molecular formula is C8H7Cl2O. The molecule has 0 atom stereocenters. The van der Waals surface area contributed by atoms with E-state index in [0.29, 0.717) is 15.6 Å². The van der Waals surface area contributed by atoms with E-state index in [1.54, 1.807) is 25.1 Å². The minimum absolute atomic E-state index is 0.217. The Labute approximate surface area is 75.6 Å². The van der Waals surface area contributed by atoms with Crippen molar-refractivity contribution in [3.05, 3.63) is 39.9 Å². The summed E-state index contributed by atoms with van der Waals surface area (Å²) >= 11 is 11.4. The topological polar surface area (TPSA) is 20.2 Å². The van der Waals surface area contributed by atoms with Crippen LogP contribution in [-0.2, 0) is 0 Å². The van der Waals surface area contributed by atoms with E-state index in [1.807, 2.05) is 0 Å². The quantitative estimate of drug-likeness (QED) is 0.720. The second-order valence-electron chi connectivity index (χ2n) is 2.24. The Bertz CT molecular complexity index is 238. The van der Waals surface area contributed by atoms with Crippen molar-refractivity contribution in [1.29, 1.82) is 0 Å². The van der Waals surface area contributed by atoms with Crippen LogP contribution in [0.15, 0.2) is 18.2 Å². The van der Waals surface area contributed by atoms with E-state index in [1.165, 1.54) is 0 Å². The standard InChI is InChI=1S/C8H7Cl2O/c1-5(11)6-2-7(9)4-8(10)3-6/h2-4,11H,1H3. The molecule has 0 saturated heterocycles. The van der Waals surface area contributed by atoms with Gasteiger partial charge in [0.1, 0.15) is 6.10 Å². The molecule has 0 aromatic heterocycles. The second-order valence-corrected chi connectivity index (χ2v) is 3.12. The second kappa shape index (κ2) is 3.44. The van der Waals surface area contributed by atoms with Crippen LogP contribution < -0.4 is 0 Å². The van der Waals surface area contributed by atoms with Crippen LogP contribution in [0.3, 0.4) is 0 Å². The number of aliphatic hydroxyl groups is 1. The molecule has 0 aliphatic heterocycles. The van der Waals surface area contributed by atoms with Gasteiger partial charge in [0.25, 0.3) is 0 Å². The lowest BCUT2D eigenvalue weighted by Gasteiger charge is -2.03. The third-order valence-corrected chi connectivity index (χ3v) is 1.72. The van der Waals surface area contributed by atoms with E-state index in [-0.39, 0.29) is 6.10 Å². The highest BCUT2D eigenvalue weighted by molar-refractivity contribution is 6.34.